The van der Waals surface area contributed by atoms with Gasteiger partial charge in [-0.1, -0.05) is 31.4 Å². The Bertz CT molecular complexity index is 646. The van der Waals surface area contributed by atoms with Crippen LogP contribution in [0, 0.1) is 11.7 Å². The van der Waals surface area contributed by atoms with E-state index in [1.54, 1.807) is 17.9 Å². The second-order valence-electron chi connectivity index (χ2n) is 7.37. The number of piperazine rings is 1. The molecule has 3 rings (SSSR count). The number of benzene rings is 1. The van der Waals surface area contributed by atoms with Crippen LogP contribution in [0.4, 0.5) is 4.39 Å². The molecule has 1 aliphatic carbocycles. The minimum atomic E-state index is -0.571. The summed E-state index contributed by atoms with van der Waals surface area (Å²) in [6.07, 6.45) is 5.17. The molecule has 1 unspecified atom stereocenters. The first kappa shape index (κ1) is 18.8. The van der Waals surface area contributed by atoms with Crippen LogP contribution in [0.25, 0.3) is 0 Å². The van der Waals surface area contributed by atoms with Gasteiger partial charge in [-0.15, -0.1) is 0 Å². The first-order chi connectivity index (χ1) is 12.6. The van der Waals surface area contributed by atoms with Crippen molar-refractivity contribution >= 4 is 11.8 Å². The van der Waals surface area contributed by atoms with Crippen LogP contribution in [0.5, 0.6) is 0 Å². The first-order valence-corrected chi connectivity index (χ1v) is 9.63. The minimum absolute atomic E-state index is 0.0111. The lowest BCUT2D eigenvalue weighted by Crippen LogP contribution is -2.55. The highest BCUT2D eigenvalue weighted by Crippen LogP contribution is 2.25. The Kier molecular flexibility index (Phi) is 6.25. The van der Waals surface area contributed by atoms with Gasteiger partial charge in [-0.05, 0) is 37.5 Å². The van der Waals surface area contributed by atoms with Gasteiger partial charge < -0.3 is 15.5 Å². The molecule has 0 spiro atoms. The molecule has 1 aromatic rings. The standard InChI is InChI=1S/C20H28FN3O2/c1-14(23-19(25)15-6-3-2-4-7-15)20(26)24-11-10-22-13-18(24)16-8-5-9-17(21)12-16/h5,8-9,12,14-15,18,22H,2-4,6-7,10-11,13H2,1H3,(H,23,25)/t14-,18?/m0/s1. The quantitative estimate of drug-likeness (QED) is 0.866. The maximum atomic E-state index is 13.6. The Hall–Kier alpha value is -1.95. The number of nitrogens with one attached hydrogen (secondary N) is 2. The van der Waals surface area contributed by atoms with E-state index in [-0.39, 0.29) is 29.6 Å². The van der Waals surface area contributed by atoms with Gasteiger partial charge in [0, 0.05) is 25.6 Å². The number of rotatable bonds is 4. The average molecular weight is 361 g/mol. The van der Waals surface area contributed by atoms with Crippen LogP contribution >= 0.6 is 0 Å². The van der Waals surface area contributed by atoms with E-state index in [4.69, 9.17) is 0 Å². The average Bonchev–Trinajstić information content (AvgIpc) is 2.68. The van der Waals surface area contributed by atoms with E-state index < -0.39 is 6.04 Å². The Morgan fingerprint density at radius 2 is 2.04 bits per heavy atom. The molecule has 1 saturated carbocycles. The highest BCUT2D eigenvalue weighted by molar-refractivity contribution is 5.88. The SMILES string of the molecule is C[C@H](NC(=O)C1CCCCC1)C(=O)N1CCNCC1c1cccc(F)c1. The van der Waals surface area contributed by atoms with Gasteiger partial charge in [0.25, 0.3) is 0 Å². The van der Waals surface area contributed by atoms with Crippen LogP contribution < -0.4 is 10.6 Å². The molecule has 2 N–H and O–H groups in total. The molecule has 0 radical (unpaired) electrons. The summed E-state index contributed by atoms with van der Waals surface area (Å²) in [5, 5.41) is 6.17. The third-order valence-electron chi connectivity index (χ3n) is 5.47. The molecule has 1 aromatic carbocycles. The second-order valence-corrected chi connectivity index (χ2v) is 7.37. The maximum Gasteiger partial charge on any atom is 0.245 e. The number of carbonyl (C=O) groups is 2. The van der Waals surface area contributed by atoms with E-state index >= 15 is 0 Å². The topological polar surface area (TPSA) is 61.4 Å². The summed E-state index contributed by atoms with van der Waals surface area (Å²) in [4.78, 5) is 27.2. The second kappa shape index (κ2) is 8.62. The molecule has 5 nitrogen and oxygen atoms in total. The van der Waals surface area contributed by atoms with Crippen molar-refractivity contribution in [2.45, 2.75) is 51.1 Å². The van der Waals surface area contributed by atoms with Crippen molar-refractivity contribution in [3.8, 4) is 0 Å². The van der Waals surface area contributed by atoms with E-state index in [9.17, 15) is 14.0 Å². The summed E-state index contributed by atoms with van der Waals surface area (Å²) in [5.41, 5.74) is 0.774. The molecular formula is C20H28FN3O2. The molecular weight excluding hydrogens is 333 g/mol. The smallest absolute Gasteiger partial charge is 0.245 e. The largest absolute Gasteiger partial charge is 0.344 e. The minimum Gasteiger partial charge on any atom is -0.344 e. The zero-order valence-electron chi connectivity index (χ0n) is 15.3. The number of hydrogen-bond donors (Lipinski definition) is 2. The van der Waals surface area contributed by atoms with Crippen molar-refractivity contribution in [1.29, 1.82) is 0 Å². The van der Waals surface area contributed by atoms with Crippen molar-refractivity contribution in [3.05, 3.63) is 35.6 Å². The Morgan fingerprint density at radius 1 is 1.27 bits per heavy atom. The van der Waals surface area contributed by atoms with Crippen molar-refractivity contribution in [3.63, 3.8) is 0 Å². The summed E-state index contributed by atoms with van der Waals surface area (Å²) in [6.45, 7) is 3.57. The van der Waals surface area contributed by atoms with Gasteiger partial charge in [-0.25, -0.2) is 4.39 Å². The number of nitrogens with zero attached hydrogens (tertiary/aromatic N) is 1. The van der Waals surface area contributed by atoms with Crippen molar-refractivity contribution in [2.24, 2.45) is 5.92 Å². The van der Waals surface area contributed by atoms with Gasteiger partial charge in [-0.3, -0.25) is 9.59 Å². The highest BCUT2D eigenvalue weighted by atomic mass is 19.1. The van der Waals surface area contributed by atoms with Gasteiger partial charge >= 0.3 is 0 Å². The van der Waals surface area contributed by atoms with Crippen molar-refractivity contribution in [2.75, 3.05) is 19.6 Å². The van der Waals surface area contributed by atoms with Crippen LogP contribution in [0.1, 0.15) is 50.6 Å². The normalized spacial score (nSPS) is 22.7. The van der Waals surface area contributed by atoms with Crippen LogP contribution in [-0.2, 0) is 9.59 Å². The lowest BCUT2D eigenvalue weighted by molar-refractivity contribution is -0.139. The predicted octanol–water partition coefficient (Wildman–Crippen LogP) is 2.38. The number of hydrogen-bond acceptors (Lipinski definition) is 3. The molecule has 2 atom stereocenters. The van der Waals surface area contributed by atoms with Crippen molar-refractivity contribution in [1.82, 2.24) is 15.5 Å². The van der Waals surface area contributed by atoms with Crippen LogP contribution in [-0.4, -0.2) is 42.4 Å². The van der Waals surface area contributed by atoms with E-state index in [0.717, 1.165) is 31.2 Å². The molecule has 2 fully saturated rings. The fraction of sp³-hybridized carbons (Fsp3) is 0.600. The van der Waals surface area contributed by atoms with Crippen LogP contribution in [0.2, 0.25) is 0 Å². The first-order valence-electron chi connectivity index (χ1n) is 9.63. The van der Waals surface area contributed by atoms with Gasteiger partial charge in [0.1, 0.15) is 11.9 Å². The van der Waals surface area contributed by atoms with Gasteiger partial charge in [0.2, 0.25) is 11.8 Å². The molecule has 0 aromatic heterocycles. The van der Waals surface area contributed by atoms with E-state index in [0.29, 0.717) is 19.6 Å². The summed E-state index contributed by atoms with van der Waals surface area (Å²) in [6, 6.07) is 5.59. The molecule has 2 amide bonds. The lowest BCUT2D eigenvalue weighted by atomic mass is 9.88. The monoisotopic (exact) mass is 361 g/mol. The number of amides is 2. The number of halogens is 1. The fourth-order valence-corrected chi connectivity index (χ4v) is 3.99. The van der Waals surface area contributed by atoms with Gasteiger partial charge in [0.15, 0.2) is 0 Å². The summed E-state index contributed by atoms with van der Waals surface area (Å²) in [5.74, 6) is -0.395. The molecule has 6 heteroatoms. The van der Waals surface area contributed by atoms with E-state index in [1.165, 1.54) is 18.6 Å². The molecule has 2 aliphatic rings. The van der Waals surface area contributed by atoms with Gasteiger partial charge in [0.05, 0.1) is 6.04 Å². The van der Waals surface area contributed by atoms with E-state index in [1.807, 2.05) is 6.07 Å². The third-order valence-corrected chi connectivity index (χ3v) is 5.47. The highest BCUT2D eigenvalue weighted by Gasteiger charge is 2.32. The number of carbonyl (C=O) groups excluding carboxylic acids is 2. The molecule has 142 valence electrons. The molecule has 1 aliphatic heterocycles. The zero-order valence-corrected chi connectivity index (χ0v) is 15.3. The Labute approximate surface area is 154 Å². The van der Waals surface area contributed by atoms with Gasteiger partial charge in [-0.2, -0.15) is 0 Å². The zero-order chi connectivity index (χ0) is 18.5. The summed E-state index contributed by atoms with van der Waals surface area (Å²) >= 11 is 0. The Balaban J connectivity index is 1.66. The summed E-state index contributed by atoms with van der Waals surface area (Å²) < 4.78 is 13.6. The van der Waals surface area contributed by atoms with Crippen molar-refractivity contribution < 1.29 is 14.0 Å². The lowest BCUT2D eigenvalue weighted by Gasteiger charge is -2.38. The maximum absolute atomic E-state index is 13.6. The molecule has 0 bridgehead atoms. The fourth-order valence-electron chi connectivity index (χ4n) is 3.99. The Morgan fingerprint density at radius 3 is 2.77 bits per heavy atom. The molecule has 1 heterocycles. The summed E-state index contributed by atoms with van der Waals surface area (Å²) in [7, 11) is 0. The third kappa shape index (κ3) is 4.41. The van der Waals surface area contributed by atoms with E-state index in [2.05, 4.69) is 10.6 Å². The van der Waals surface area contributed by atoms with Crippen LogP contribution in [0.15, 0.2) is 24.3 Å². The molecule has 26 heavy (non-hydrogen) atoms. The molecule has 1 saturated heterocycles. The predicted molar refractivity (Wildman–Crippen MR) is 97.9 cm³/mol. The van der Waals surface area contributed by atoms with Crippen LogP contribution in [0.3, 0.4) is 0 Å².